The quantitative estimate of drug-likeness (QED) is 0.658. The molecule has 11 heavy (non-hydrogen) atoms. The third-order valence-electron chi connectivity index (χ3n) is 0.803. The maximum atomic E-state index is 5.54. The molecule has 0 amide bonds. The van der Waals surface area contributed by atoms with Crippen LogP contribution >= 0.6 is 0 Å². The average molecular weight is 216 g/mol. The molecular formula is C8H18GaO2. The van der Waals surface area contributed by atoms with Crippen LogP contribution in [0.2, 0.25) is 0 Å². The summed E-state index contributed by atoms with van der Waals surface area (Å²) in [5.41, 5.74) is -0.0729. The first kappa shape index (κ1) is 11.6. The zero-order valence-corrected chi connectivity index (χ0v) is 10.8. The molecule has 0 saturated heterocycles. The molecule has 0 saturated carbocycles. The van der Waals surface area contributed by atoms with Crippen molar-refractivity contribution < 1.29 is 7.06 Å². The van der Waals surface area contributed by atoms with E-state index >= 15 is 0 Å². The fraction of sp³-hybridized carbons (Fsp3) is 1.00. The Hall–Kier alpha value is 0.556. The van der Waals surface area contributed by atoms with E-state index in [4.69, 9.17) is 7.06 Å². The number of hydrogen-bond donors (Lipinski definition) is 0. The molecule has 0 rings (SSSR count). The van der Waals surface area contributed by atoms with Crippen molar-refractivity contribution in [2.75, 3.05) is 0 Å². The summed E-state index contributed by atoms with van der Waals surface area (Å²) in [5.74, 6) is 0. The molecule has 0 aromatic rings. The van der Waals surface area contributed by atoms with Crippen molar-refractivity contribution in [3.63, 3.8) is 0 Å². The van der Waals surface area contributed by atoms with Crippen molar-refractivity contribution >= 4 is 18.1 Å². The van der Waals surface area contributed by atoms with E-state index in [0.717, 1.165) is 0 Å². The van der Waals surface area contributed by atoms with Gasteiger partial charge in [-0.25, -0.2) is 0 Å². The molecular weight excluding hydrogens is 198 g/mol. The molecule has 0 aliphatic rings. The summed E-state index contributed by atoms with van der Waals surface area (Å²) in [6.45, 7) is 12.3. The Kier molecular flexibility index (Phi) is 4.19. The van der Waals surface area contributed by atoms with E-state index in [1.165, 1.54) is 0 Å². The second kappa shape index (κ2) is 3.98. The first-order chi connectivity index (χ1) is 4.71. The van der Waals surface area contributed by atoms with Crippen molar-refractivity contribution in [2.24, 2.45) is 0 Å². The monoisotopic (exact) mass is 215 g/mol. The SMILES string of the molecule is CC(C)(C)[O][Ga][O]C(C)(C)C. The summed E-state index contributed by atoms with van der Waals surface area (Å²) in [7, 11) is 0. The van der Waals surface area contributed by atoms with Crippen LogP contribution in [0.3, 0.4) is 0 Å². The molecule has 0 aliphatic heterocycles. The first-order valence-corrected chi connectivity index (χ1v) is 5.86. The van der Waals surface area contributed by atoms with E-state index in [1.807, 2.05) is 0 Å². The van der Waals surface area contributed by atoms with Gasteiger partial charge in [0.25, 0.3) is 0 Å². The van der Waals surface area contributed by atoms with Gasteiger partial charge >= 0.3 is 77.9 Å². The standard InChI is InChI=1S/2C4H9O.Ga/c2*1-4(2,3)5;/h2*1-3H3;/q2*-1;+2. The maximum absolute atomic E-state index is 5.54. The Balaban J connectivity index is 3.44. The van der Waals surface area contributed by atoms with Gasteiger partial charge in [0.05, 0.1) is 0 Å². The van der Waals surface area contributed by atoms with Crippen LogP contribution < -0.4 is 0 Å². The zero-order valence-electron chi connectivity index (χ0n) is 8.39. The van der Waals surface area contributed by atoms with Crippen LogP contribution in [0.1, 0.15) is 41.5 Å². The van der Waals surface area contributed by atoms with Crippen LogP contribution in [0, 0.1) is 0 Å². The minimum atomic E-state index is -0.943. The molecule has 0 heterocycles. The number of rotatable bonds is 2. The van der Waals surface area contributed by atoms with Crippen molar-refractivity contribution in [3.05, 3.63) is 0 Å². The summed E-state index contributed by atoms with van der Waals surface area (Å²) in [5, 5.41) is 0. The molecule has 65 valence electrons. The van der Waals surface area contributed by atoms with Crippen LogP contribution in [-0.2, 0) is 7.06 Å². The van der Waals surface area contributed by atoms with Crippen LogP contribution in [0.5, 0.6) is 0 Å². The second-order valence-corrected chi connectivity index (χ2v) is 5.95. The fourth-order valence-electron chi connectivity index (χ4n) is 0.313. The molecule has 1 radical (unpaired) electrons. The molecule has 0 aliphatic carbocycles. The van der Waals surface area contributed by atoms with Gasteiger partial charge in [0.15, 0.2) is 0 Å². The van der Waals surface area contributed by atoms with Gasteiger partial charge in [-0.1, -0.05) is 0 Å². The fourth-order valence-corrected chi connectivity index (χ4v) is 1.63. The predicted octanol–water partition coefficient (Wildman–Crippen LogP) is 2.15. The van der Waals surface area contributed by atoms with E-state index in [0.29, 0.717) is 0 Å². The van der Waals surface area contributed by atoms with Crippen molar-refractivity contribution in [1.82, 2.24) is 0 Å². The zero-order chi connectivity index (χ0) is 9.12. The van der Waals surface area contributed by atoms with E-state index in [-0.39, 0.29) is 11.2 Å². The van der Waals surface area contributed by atoms with Gasteiger partial charge in [0, 0.05) is 0 Å². The van der Waals surface area contributed by atoms with E-state index in [1.54, 1.807) is 0 Å². The molecule has 0 spiro atoms. The van der Waals surface area contributed by atoms with E-state index in [2.05, 4.69) is 41.5 Å². The van der Waals surface area contributed by atoms with Crippen molar-refractivity contribution in [1.29, 1.82) is 0 Å². The molecule has 0 unspecified atom stereocenters. The third kappa shape index (κ3) is 10.6. The molecule has 0 aromatic heterocycles. The number of hydrogen-bond acceptors (Lipinski definition) is 2. The van der Waals surface area contributed by atoms with Gasteiger partial charge in [-0.3, -0.25) is 0 Å². The minimum absolute atomic E-state index is 0.0365. The van der Waals surface area contributed by atoms with Crippen LogP contribution in [0.4, 0.5) is 0 Å². The summed E-state index contributed by atoms with van der Waals surface area (Å²) in [6, 6.07) is 0. The van der Waals surface area contributed by atoms with Gasteiger partial charge in [0.2, 0.25) is 0 Å². The molecule has 0 bridgehead atoms. The average Bonchev–Trinajstić information content (AvgIpc) is 1.55. The normalized spacial score (nSPS) is 13.3. The molecule has 0 N–H and O–H groups in total. The second-order valence-electron chi connectivity index (χ2n) is 4.56. The molecule has 3 heteroatoms. The van der Waals surface area contributed by atoms with Crippen LogP contribution in [-0.4, -0.2) is 29.3 Å². The topological polar surface area (TPSA) is 18.5 Å². The van der Waals surface area contributed by atoms with Gasteiger partial charge < -0.3 is 0 Å². The summed E-state index contributed by atoms with van der Waals surface area (Å²) in [4.78, 5) is 0. The molecule has 0 fully saturated rings. The Morgan fingerprint density at radius 3 is 1.18 bits per heavy atom. The van der Waals surface area contributed by atoms with Gasteiger partial charge in [-0.2, -0.15) is 0 Å². The summed E-state index contributed by atoms with van der Waals surface area (Å²) >= 11 is -0.943. The van der Waals surface area contributed by atoms with Gasteiger partial charge in [-0.15, -0.1) is 0 Å². The molecule has 2 nitrogen and oxygen atoms in total. The third-order valence-corrected chi connectivity index (χ3v) is 4.17. The van der Waals surface area contributed by atoms with Gasteiger partial charge in [0.1, 0.15) is 0 Å². The van der Waals surface area contributed by atoms with Crippen LogP contribution in [0.15, 0.2) is 0 Å². The van der Waals surface area contributed by atoms with Crippen molar-refractivity contribution in [3.8, 4) is 0 Å². The Labute approximate surface area is 78.3 Å². The van der Waals surface area contributed by atoms with Gasteiger partial charge in [-0.05, 0) is 0 Å². The first-order valence-electron chi connectivity index (χ1n) is 3.88. The van der Waals surface area contributed by atoms with E-state index in [9.17, 15) is 0 Å². The van der Waals surface area contributed by atoms with Crippen LogP contribution in [0.25, 0.3) is 0 Å². The predicted molar refractivity (Wildman–Crippen MR) is 47.4 cm³/mol. The summed E-state index contributed by atoms with van der Waals surface area (Å²) in [6.07, 6.45) is 0. The molecule has 0 aromatic carbocycles. The Morgan fingerprint density at radius 2 is 1.00 bits per heavy atom. The van der Waals surface area contributed by atoms with Crippen molar-refractivity contribution in [2.45, 2.75) is 52.7 Å². The van der Waals surface area contributed by atoms with E-state index < -0.39 is 18.1 Å². The molecule has 0 atom stereocenters. The Bertz CT molecular complexity index is 96.2. The Morgan fingerprint density at radius 1 is 0.727 bits per heavy atom. The summed E-state index contributed by atoms with van der Waals surface area (Å²) < 4.78 is 11.1.